The van der Waals surface area contributed by atoms with Gasteiger partial charge in [-0.1, -0.05) is 13.8 Å². The lowest BCUT2D eigenvalue weighted by Gasteiger charge is -2.12. The third-order valence-electron chi connectivity index (χ3n) is 2.04. The van der Waals surface area contributed by atoms with Crippen LogP contribution in [0.1, 0.15) is 32.1 Å². The highest BCUT2D eigenvalue weighted by Gasteiger charge is 2.10. The topological polar surface area (TPSA) is 46.0 Å². The largest absolute Gasteiger partial charge is 0.386 e. The van der Waals surface area contributed by atoms with Crippen LogP contribution >= 0.6 is 11.8 Å². The molecule has 0 aromatic carbocycles. The predicted octanol–water partition coefficient (Wildman–Crippen LogP) is 2.04. The third-order valence-corrected chi connectivity index (χ3v) is 3.45. The lowest BCUT2D eigenvalue weighted by molar-refractivity contribution is 0.198. The van der Waals surface area contributed by atoms with Crippen LogP contribution < -0.4 is 0 Å². The first-order chi connectivity index (χ1) is 6.74. The highest BCUT2D eigenvalue weighted by atomic mass is 32.2. The van der Waals surface area contributed by atoms with E-state index >= 15 is 0 Å². The molecule has 1 aromatic heterocycles. The molecule has 1 N–H and O–H groups in total. The van der Waals surface area contributed by atoms with Crippen molar-refractivity contribution in [1.82, 2.24) is 9.97 Å². The Kier molecular flexibility index (Phi) is 4.90. The molecule has 0 bridgehead atoms. The molecule has 4 heteroatoms. The standard InChI is InChI=1S/C10H16N2OS/c1-3-8(2)14-7-10(13)9-6-11-4-5-12-9/h4-6,8,10,13H,3,7H2,1-2H3. The van der Waals surface area contributed by atoms with Gasteiger partial charge in [-0.05, 0) is 6.42 Å². The van der Waals surface area contributed by atoms with E-state index in [4.69, 9.17) is 0 Å². The average molecular weight is 212 g/mol. The lowest BCUT2D eigenvalue weighted by atomic mass is 10.3. The summed E-state index contributed by atoms with van der Waals surface area (Å²) in [7, 11) is 0. The Morgan fingerprint density at radius 1 is 1.50 bits per heavy atom. The molecular weight excluding hydrogens is 196 g/mol. The van der Waals surface area contributed by atoms with E-state index in [1.54, 1.807) is 30.4 Å². The summed E-state index contributed by atoms with van der Waals surface area (Å²) < 4.78 is 0. The number of aliphatic hydroxyl groups excluding tert-OH is 1. The van der Waals surface area contributed by atoms with E-state index in [0.29, 0.717) is 16.7 Å². The van der Waals surface area contributed by atoms with Gasteiger partial charge >= 0.3 is 0 Å². The molecule has 1 aromatic rings. The molecule has 2 atom stereocenters. The zero-order valence-corrected chi connectivity index (χ0v) is 9.37. The van der Waals surface area contributed by atoms with Crippen molar-refractivity contribution in [2.24, 2.45) is 0 Å². The minimum atomic E-state index is -0.498. The molecule has 0 saturated carbocycles. The van der Waals surface area contributed by atoms with Gasteiger partial charge in [0.15, 0.2) is 0 Å². The molecule has 2 unspecified atom stereocenters. The van der Waals surface area contributed by atoms with Crippen molar-refractivity contribution in [3.63, 3.8) is 0 Å². The maximum atomic E-state index is 9.74. The Morgan fingerprint density at radius 2 is 2.29 bits per heavy atom. The van der Waals surface area contributed by atoms with Crippen LogP contribution in [0.4, 0.5) is 0 Å². The van der Waals surface area contributed by atoms with Gasteiger partial charge in [-0.15, -0.1) is 0 Å². The van der Waals surface area contributed by atoms with Crippen LogP contribution in [0.2, 0.25) is 0 Å². The van der Waals surface area contributed by atoms with E-state index in [1.165, 1.54) is 0 Å². The first-order valence-corrected chi connectivity index (χ1v) is 5.84. The van der Waals surface area contributed by atoms with E-state index in [9.17, 15) is 5.11 Å². The molecule has 0 saturated heterocycles. The normalized spacial score (nSPS) is 15.1. The summed E-state index contributed by atoms with van der Waals surface area (Å²) in [6.07, 6.45) is 5.45. The summed E-state index contributed by atoms with van der Waals surface area (Å²) in [4.78, 5) is 7.98. The molecule has 0 radical (unpaired) electrons. The number of hydrogen-bond donors (Lipinski definition) is 1. The van der Waals surface area contributed by atoms with Gasteiger partial charge in [0, 0.05) is 23.4 Å². The fraction of sp³-hybridized carbons (Fsp3) is 0.600. The van der Waals surface area contributed by atoms with E-state index in [0.717, 1.165) is 6.42 Å². The summed E-state index contributed by atoms with van der Waals surface area (Å²) >= 11 is 1.76. The molecule has 14 heavy (non-hydrogen) atoms. The Bertz CT molecular complexity index is 256. The Hall–Kier alpha value is -0.610. The summed E-state index contributed by atoms with van der Waals surface area (Å²) in [5, 5.41) is 10.3. The lowest BCUT2D eigenvalue weighted by Crippen LogP contribution is -2.06. The molecule has 0 amide bonds. The number of thioether (sulfide) groups is 1. The van der Waals surface area contributed by atoms with Gasteiger partial charge in [0.1, 0.15) is 6.10 Å². The zero-order chi connectivity index (χ0) is 10.4. The second-order valence-electron chi connectivity index (χ2n) is 3.20. The van der Waals surface area contributed by atoms with Gasteiger partial charge in [-0.25, -0.2) is 0 Å². The quantitative estimate of drug-likeness (QED) is 0.811. The second kappa shape index (κ2) is 5.98. The van der Waals surface area contributed by atoms with Gasteiger partial charge in [-0.2, -0.15) is 11.8 Å². The highest BCUT2D eigenvalue weighted by molar-refractivity contribution is 7.99. The molecule has 1 heterocycles. The van der Waals surface area contributed by atoms with Crippen molar-refractivity contribution < 1.29 is 5.11 Å². The second-order valence-corrected chi connectivity index (χ2v) is 4.67. The van der Waals surface area contributed by atoms with Crippen molar-refractivity contribution in [2.45, 2.75) is 31.6 Å². The van der Waals surface area contributed by atoms with Crippen LogP contribution in [0.3, 0.4) is 0 Å². The van der Waals surface area contributed by atoms with Crippen molar-refractivity contribution in [3.8, 4) is 0 Å². The fourth-order valence-corrected chi connectivity index (χ4v) is 1.86. The highest BCUT2D eigenvalue weighted by Crippen LogP contribution is 2.20. The SMILES string of the molecule is CCC(C)SCC(O)c1cnccn1. The third kappa shape index (κ3) is 3.64. The predicted molar refractivity (Wildman–Crippen MR) is 59.2 cm³/mol. The maximum absolute atomic E-state index is 9.74. The van der Waals surface area contributed by atoms with Crippen LogP contribution in [-0.2, 0) is 0 Å². The molecular formula is C10H16N2OS. The van der Waals surface area contributed by atoms with Crippen LogP contribution in [-0.4, -0.2) is 26.1 Å². The van der Waals surface area contributed by atoms with Crippen LogP contribution in [0.15, 0.2) is 18.6 Å². The minimum absolute atomic E-state index is 0.498. The van der Waals surface area contributed by atoms with Crippen LogP contribution in [0.25, 0.3) is 0 Å². The number of hydrogen-bond acceptors (Lipinski definition) is 4. The first-order valence-electron chi connectivity index (χ1n) is 4.79. The Morgan fingerprint density at radius 3 is 2.86 bits per heavy atom. The van der Waals surface area contributed by atoms with E-state index < -0.39 is 6.10 Å². The summed E-state index contributed by atoms with van der Waals surface area (Å²) in [6, 6.07) is 0. The maximum Gasteiger partial charge on any atom is 0.106 e. The smallest absolute Gasteiger partial charge is 0.106 e. The molecule has 3 nitrogen and oxygen atoms in total. The molecule has 78 valence electrons. The summed E-state index contributed by atoms with van der Waals surface area (Å²) in [6.45, 7) is 4.31. The van der Waals surface area contributed by atoms with Crippen molar-refractivity contribution in [3.05, 3.63) is 24.3 Å². The number of aliphatic hydroxyl groups is 1. The molecule has 0 spiro atoms. The minimum Gasteiger partial charge on any atom is -0.386 e. The molecule has 0 aliphatic rings. The van der Waals surface area contributed by atoms with Gasteiger partial charge in [0.05, 0.1) is 11.9 Å². The Balaban J connectivity index is 2.39. The molecule has 0 aliphatic heterocycles. The van der Waals surface area contributed by atoms with Gasteiger partial charge in [0.25, 0.3) is 0 Å². The van der Waals surface area contributed by atoms with E-state index in [-0.39, 0.29) is 0 Å². The Labute approximate surface area is 89.0 Å². The summed E-state index contributed by atoms with van der Waals surface area (Å²) in [5.41, 5.74) is 0.656. The average Bonchev–Trinajstić information content (AvgIpc) is 2.26. The first kappa shape index (κ1) is 11.5. The van der Waals surface area contributed by atoms with E-state index in [2.05, 4.69) is 23.8 Å². The summed E-state index contributed by atoms with van der Waals surface area (Å²) in [5.74, 6) is 0.688. The molecule has 1 rings (SSSR count). The van der Waals surface area contributed by atoms with Gasteiger partial charge < -0.3 is 5.11 Å². The monoisotopic (exact) mass is 212 g/mol. The number of nitrogens with zero attached hydrogens (tertiary/aromatic N) is 2. The molecule has 0 aliphatic carbocycles. The van der Waals surface area contributed by atoms with Crippen LogP contribution in [0, 0.1) is 0 Å². The fourth-order valence-electron chi connectivity index (χ4n) is 0.941. The van der Waals surface area contributed by atoms with Gasteiger partial charge in [0.2, 0.25) is 0 Å². The van der Waals surface area contributed by atoms with E-state index in [1.807, 2.05) is 0 Å². The van der Waals surface area contributed by atoms with Crippen molar-refractivity contribution in [1.29, 1.82) is 0 Å². The van der Waals surface area contributed by atoms with Crippen LogP contribution in [0.5, 0.6) is 0 Å². The zero-order valence-electron chi connectivity index (χ0n) is 8.55. The van der Waals surface area contributed by atoms with Gasteiger partial charge in [-0.3, -0.25) is 9.97 Å². The number of aromatic nitrogens is 2. The number of rotatable bonds is 5. The van der Waals surface area contributed by atoms with Crippen molar-refractivity contribution in [2.75, 3.05) is 5.75 Å². The van der Waals surface area contributed by atoms with Crippen molar-refractivity contribution >= 4 is 11.8 Å². The molecule has 0 fully saturated rings.